The van der Waals surface area contributed by atoms with E-state index in [1.54, 1.807) is 11.1 Å². The molecular formula is C15H20N2O4. The van der Waals surface area contributed by atoms with Crippen molar-refractivity contribution < 1.29 is 19.1 Å². The summed E-state index contributed by atoms with van der Waals surface area (Å²) >= 11 is 0. The number of pyridine rings is 1. The largest absolute Gasteiger partial charge is 0.478 e. The van der Waals surface area contributed by atoms with E-state index >= 15 is 0 Å². The molecule has 0 bridgehead atoms. The summed E-state index contributed by atoms with van der Waals surface area (Å²) < 4.78 is 10.1. The van der Waals surface area contributed by atoms with E-state index in [9.17, 15) is 9.59 Å². The highest BCUT2D eigenvalue weighted by Crippen LogP contribution is 2.32. The monoisotopic (exact) mass is 292 g/mol. The Morgan fingerprint density at radius 3 is 2.71 bits per heavy atom. The van der Waals surface area contributed by atoms with Crippen molar-refractivity contribution in [3.8, 4) is 5.88 Å². The van der Waals surface area contributed by atoms with Crippen LogP contribution in [0.4, 0.5) is 0 Å². The molecule has 1 aliphatic heterocycles. The second-order valence-corrected chi connectivity index (χ2v) is 5.01. The van der Waals surface area contributed by atoms with E-state index in [1.165, 1.54) is 14.0 Å². The zero-order chi connectivity index (χ0) is 15.4. The van der Waals surface area contributed by atoms with E-state index in [2.05, 4.69) is 4.98 Å². The number of likely N-dealkylation sites (tertiary alicyclic amines) is 1. The summed E-state index contributed by atoms with van der Waals surface area (Å²) in [5.41, 5.74) is 0.996. The molecule has 1 fully saturated rings. The van der Waals surface area contributed by atoms with Crippen molar-refractivity contribution >= 4 is 11.9 Å². The first-order valence-electron chi connectivity index (χ1n) is 7.00. The van der Waals surface area contributed by atoms with E-state index in [0.29, 0.717) is 25.5 Å². The molecule has 114 valence electrons. The number of carbonyl (C=O) groups excluding carboxylic acids is 2. The van der Waals surface area contributed by atoms with Gasteiger partial charge in [-0.1, -0.05) is 6.07 Å². The predicted octanol–water partition coefficient (Wildman–Crippen LogP) is 1.36. The molecule has 1 aromatic rings. The van der Waals surface area contributed by atoms with Gasteiger partial charge in [-0.3, -0.25) is 4.79 Å². The van der Waals surface area contributed by atoms with Gasteiger partial charge in [0, 0.05) is 31.6 Å². The van der Waals surface area contributed by atoms with E-state index in [0.717, 1.165) is 5.56 Å². The second kappa shape index (κ2) is 6.56. The average Bonchev–Trinajstić information content (AvgIpc) is 2.93. The summed E-state index contributed by atoms with van der Waals surface area (Å²) in [5, 5.41) is 0. The Hall–Kier alpha value is -2.11. The highest BCUT2D eigenvalue weighted by Gasteiger charge is 2.39. The maximum Gasteiger partial charge on any atom is 0.328 e. The molecule has 1 amide bonds. The lowest BCUT2D eigenvalue weighted by molar-refractivity contribution is -0.150. The lowest BCUT2D eigenvalue weighted by atomic mass is 9.98. The normalized spacial score (nSPS) is 21.2. The van der Waals surface area contributed by atoms with Crippen LogP contribution in [0.15, 0.2) is 18.3 Å². The predicted molar refractivity (Wildman–Crippen MR) is 76.0 cm³/mol. The standard InChI is InChI=1S/C15H20N2O4/c1-4-21-14-6-5-11(8-16-14)12-7-13(15(19)20-3)17(9-12)10(2)18/h5-6,8,12-13H,4,7,9H2,1-3H3. The van der Waals surface area contributed by atoms with Gasteiger partial charge in [0.25, 0.3) is 0 Å². The minimum atomic E-state index is -0.510. The van der Waals surface area contributed by atoms with Gasteiger partial charge < -0.3 is 14.4 Å². The molecule has 6 heteroatoms. The smallest absolute Gasteiger partial charge is 0.328 e. The minimum absolute atomic E-state index is 0.0844. The molecule has 2 heterocycles. The molecule has 0 aliphatic carbocycles. The molecule has 1 saturated heterocycles. The Balaban J connectivity index is 2.14. The van der Waals surface area contributed by atoms with Crippen LogP contribution < -0.4 is 4.74 Å². The Kier molecular flexibility index (Phi) is 4.77. The number of hydrogen-bond donors (Lipinski definition) is 0. The molecular weight excluding hydrogens is 272 g/mol. The average molecular weight is 292 g/mol. The van der Waals surface area contributed by atoms with Crippen LogP contribution in [-0.2, 0) is 14.3 Å². The van der Waals surface area contributed by atoms with Gasteiger partial charge in [-0.05, 0) is 18.9 Å². The Labute approximate surface area is 124 Å². The SMILES string of the molecule is CCOc1ccc(C2CC(C(=O)OC)N(C(C)=O)C2)cn1. The van der Waals surface area contributed by atoms with Crippen molar-refractivity contribution in [3.63, 3.8) is 0 Å². The molecule has 2 unspecified atom stereocenters. The van der Waals surface area contributed by atoms with Crippen LogP contribution in [-0.4, -0.2) is 48.1 Å². The fraction of sp³-hybridized carbons (Fsp3) is 0.533. The van der Waals surface area contributed by atoms with E-state index in [1.807, 2.05) is 19.1 Å². The molecule has 6 nitrogen and oxygen atoms in total. The summed E-state index contributed by atoms with van der Waals surface area (Å²) in [6.07, 6.45) is 2.30. The summed E-state index contributed by atoms with van der Waals surface area (Å²) in [7, 11) is 1.34. The van der Waals surface area contributed by atoms with Gasteiger partial charge in [0.15, 0.2) is 0 Å². The third-order valence-corrected chi connectivity index (χ3v) is 3.70. The number of amides is 1. The molecule has 21 heavy (non-hydrogen) atoms. The number of nitrogens with zero attached hydrogens (tertiary/aromatic N) is 2. The zero-order valence-corrected chi connectivity index (χ0v) is 12.5. The zero-order valence-electron chi connectivity index (χ0n) is 12.5. The first-order chi connectivity index (χ1) is 10.1. The fourth-order valence-electron chi connectivity index (χ4n) is 2.65. The van der Waals surface area contributed by atoms with Gasteiger partial charge in [0.2, 0.25) is 11.8 Å². The molecule has 0 radical (unpaired) electrons. The summed E-state index contributed by atoms with van der Waals surface area (Å²) in [6, 6.07) is 3.23. The van der Waals surface area contributed by atoms with E-state index < -0.39 is 6.04 Å². The van der Waals surface area contributed by atoms with Gasteiger partial charge in [0.05, 0.1) is 13.7 Å². The molecule has 0 spiro atoms. The molecule has 0 N–H and O–H groups in total. The maximum atomic E-state index is 11.8. The van der Waals surface area contributed by atoms with Crippen LogP contribution in [0.5, 0.6) is 5.88 Å². The third kappa shape index (κ3) is 3.32. The van der Waals surface area contributed by atoms with Crippen LogP contribution in [0.3, 0.4) is 0 Å². The van der Waals surface area contributed by atoms with Crippen molar-refractivity contribution in [2.24, 2.45) is 0 Å². The number of aromatic nitrogens is 1. The Morgan fingerprint density at radius 1 is 1.43 bits per heavy atom. The molecule has 1 aromatic heterocycles. The molecule has 2 rings (SSSR count). The third-order valence-electron chi connectivity index (χ3n) is 3.70. The van der Waals surface area contributed by atoms with Crippen molar-refractivity contribution in [2.75, 3.05) is 20.3 Å². The van der Waals surface area contributed by atoms with Crippen LogP contribution in [0.25, 0.3) is 0 Å². The van der Waals surface area contributed by atoms with Gasteiger partial charge in [0.1, 0.15) is 6.04 Å². The number of hydrogen-bond acceptors (Lipinski definition) is 5. The highest BCUT2D eigenvalue weighted by molar-refractivity contribution is 5.84. The first-order valence-corrected chi connectivity index (χ1v) is 7.00. The maximum absolute atomic E-state index is 11.8. The Morgan fingerprint density at radius 2 is 2.19 bits per heavy atom. The lowest BCUT2D eigenvalue weighted by Crippen LogP contribution is -2.39. The molecule has 2 atom stereocenters. The first kappa shape index (κ1) is 15.3. The van der Waals surface area contributed by atoms with Crippen LogP contribution in [0, 0.1) is 0 Å². The van der Waals surface area contributed by atoms with Crippen molar-refractivity contribution in [2.45, 2.75) is 32.2 Å². The molecule has 0 aromatic carbocycles. The second-order valence-electron chi connectivity index (χ2n) is 5.01. The van der Waals surface area contributed by atoms with Crippen molar-refractivity contribution in [1.82, 2.24) is 9.88 Å². The van der Waals surface area contributed by atoms with Crippen molar-refractivity contribution in [1.29, 1.82) is 0 Å². The van der Waals surface area contributed by atoms with Crippen molar-refractivity contribution in [3.05, 3.63) is 23.9 Å². The minimum Gasteiger partial charge on any atom is -0.478 e. The summed E-state index contributed by atoms with van der Waals surface area (Å²) in [5.74, 6) is 0.173. The van der Waals surface area contributed by atoms with Crippen LogP contribution in [0.2, 0.25) is 0 Å². The Bertz CT molecular complexity index is 515. The van der Waals surface area contributed by atoms with E-state index in [-0.39, 0.29) is 17.8 Å². The molecule has 0 saturated carbocycles. The number of carbonyl (C=O) groups is 2. The van der Waals surface area contributed by atoms with Gasteiger partial charge in [-0.2, -0.15) is 0 Å². The van der Waals surface area contributed by atoms with Gasteiger partial charge in [-0.15, -0.1) is 0 Å². The number of esters is 1. The van der Waals surface area contributed by atoms with Crippen LogP contribution in [0.1, 0.15) is 31.7 Å². The number of ether oxygens (including phenoxy) is 2. The quantitative estimate of drug-likeness (QED) is 0.784. The topological polar surface area (TPSA) is 68.7 Å². The lowest BCUT2D eigenvalue weighted by Gasteiger charge is -2.20. The summed E-state index contributed by atoms with van der Waals surface area (Å²) in [6.45, 7) is 4.44. The highest BCUT2D eigenvalue weighted by atomic mass is 16.5. The number of rotatable bonds is 4. The van der Waals surface area contributed by atoms with Crippen LogP contribution >= 0.6 is 0 Å². The van der Waals surface area contributed by atoms with Gasteiger partial charge in [-0.25, -0.2) is 9.78 Å². The number of methoxy groups -OCH3 is 1. The van der Waals surface area contributed by atoms with Gasteiger partial charge >= 0.3 is 5.97 Å². The fourth-order valence-corrected chi connectivity index (χ4v) is 2.65. The van der Waals surface area contributed by atoms with E-state index in [4.69, 9.17) is 9.47 Å². The summed E-state index contributed by atoms with van der Waals surface area (Å²) in [4.78, 5) is 29.3. The molecule has 1 aliphatic rings.